The van der Waals surface area contributed by atoms with E-state index in [0.717, 1.165) is 69.1 Å². The molecule has 25 heavy (non-hydrogen) atoms. The number of piperidine rings is 1. The molecule has 1 aromatic heterocycles. The summed E-state index contributed by atoms with van der Waals surface area (Å²) in [7, 11) is 0. The lowest BCUT2D eigenvalue weighted by atomic mass is 9.94. The van der Waals surface area contributed by atoms with E-state index in [9.17, 15) is 10.1 Å². The van der Waals surface area contributed by atoms with Crippen LogP contribution in [-0.4, -0.2) is 43.2 Å². The Bertz CT molecular complexity index is 669. The number of nitriles is 1. The average Bonchev–Trinajstić information content (AvgIpc) is 2.62. The number of aryl methyl sites for hydroxylation is 2. The molecule has 6 heteroatoms. The first-order valence-corrected chi connectivity index (χ1v) is 9.10. The number of hydrogen-bond donors (Lipinski definition) is 1. The van der Waals surface area contributed by atoms with Crippen molar-refractivity contribution in [2.24, 2.45) is 5.92 Å². The van der Waals surface area contributed by atoms with Crippen LogP contribution in [0.2, 0.25) is 0 Å². The number of rotatable bonds is 3. The van der Waals surface area contributed by atoms with E-state index in [-0.39, 0.29) is 17.9 Å². The number of nitrogens with one attached hydrogen (secondary N) is 1. The Morgan fingerprint density at radius 2 is 1.96 bits per heavy atom. The van der Waals surface area contributed by atoms with Gasteiger partial charge in [0.2, 0.25) is 5.91 Å². The normalized spacial score (nSPS) is 19.5. The van der Waals surface area contributed by atoms with Gasteiger partial charge in [-0.25, -0.2) is 4.98 Å². The van der Waals surface area contributed by atoms with E-state index in [1.165, 1.54) is 0 Å². The maximum atomic E-state index is 12.5. The summed E-state index contributed by atoms with van der Waals surface area (Å²) in [4.78, 5) is 19.2. The van der Waals surface area contributed by atoms with E-state index in [1.54, 1.807) is 0 Å². The van der Waals surface area contributed by atoms with Crippen LogP contribution in [0, 0.1) is 31.1 Å². The highest BCUT2D eigenvalue weighted by molar-refractivity contribution is 5.79. The molecule has 3 rings (SSSR count). The molecule has 0 aliphatic carbocycles. The highest BCUT2D eigenvalue weighted by Gasteiger charge is 2.28. The standard InChI is InChI=1S/C19H26N4O2/c1-13-11-14(2)21-18(17(13)12-20)23-7-3-15(4-8-23)19(24)22-16-5-9-25-10-6-16/h11,15-16H,3-10H2,1-2H3,(H,22,24). The Morgan fingerprint density at radius 3 is 2.60 bits per heavy atom. The van der Waals surface area contributed by atoms with Crippen LogP contribution < -0.4 is 10.2 Å². The van der Waals surface area contributed by atoms with Crippen LogP contribution in [0.3, 0.4) is 0 Å². The van der Waals surface area contributed by atoms with Gasteiger partial charge in [-0.05, 0) is 51.2 Å². The van der Waals surface area contributed by atoms with Crippen LogP contribution in [0.1, 0.15) is 42.5 Å². The Morgan fingerprint density at radius 1 is 1.28 bits per heavy atom. The van der Waals surface area contributed by atoms with Crippen LogP contribution >= 0.6 is 0 Å². The van der Waals surface area contributed by atoms with Crippen LogP contribution in [-0.2, 0) is 9.53 Å². The van der Waals surface area contributed by atoms with Gasteiger partial charge in [0, 0.05) is 44.0 Å². The van der Waals surface area contributed by atoms with Crippen molar-refractivity contribution in [3.05, 3.63) is 22.9 Å². The van der Waals surface area contributed by atoms with E-state index in [0.29, 0.717) is 5.56 Å². The van der Waals surface area contributed by atoms with Crippen molar-refractivity contribution in [2.45, 2.75) is 45.6 Å². The van der Waals surface area contributed by atoms with Crippen LogP contribution in [0.5, 0.6) is 0 Å². The van der Waals surface area contributed by atoms with Crippen molar-refractivity contribution in [2.75, 3.05) is 31.2 Å². The minimum Gasteiger partial charge on any atom is -0.381 e. The molecule has 2 aliphatic rings. The lowest BCUT2D eigenvalue weighted by Gasteiger charge is -2.34. The van der Waals surface area contributed by atoms with Crippen molar-refractivity contribution < 1.29 is 9.53 Å². The minimum absolute atomic E-state index is 0.0514. The second-order valence-corrected chi connectivity index (χ2v) is 7.05. The first-order valence-electron chi connectivity index (χ1n) is 9.10. The summed E-state index contributed by atoms with van der Waals surface area (Å²) >= 11 is 0. The number of pyridine rings is 1. The van der Waals surface area contributed by atoms with Gasteiger partial charge in [-0.1, -0.05) is 0 Å². The van der Waals surface area contributed by atoms with E-state index in [2.05, 4.69) is 21.3 Å². The highest BCUT2D eigenvalue weighted by atomic mass is 16.5. The summed E-state index contributed by atoms with van der Waals surface area (Å²) in [5.74, 6) is 0.985. The van der Waals surface area contributed by atoms with Crippen molar-refractivity contribution in [1.29, 1.82) is 5.26 Å². The van der Waals surface area contributed by atoms with Crippen LogP contribution in [0.25, 0.3) is 0 Å². The van der Waals surface area contributed by atoms with Gasteiger partial charge in [-0.15, -0.1) is 0 Å². The monoisotopic (exact) mass is 342 g/mol. The first kappa shape index (κ1) is 17.7. The van der Waals surface area contributed by atoms with E-state index in [1.807, 2.05) is 19.9 Å². The van der Waals surface area contributed by atoms with Crippen molar-refractivity contribution >= 4 is 11.7 Å². The molecule has 1 N–H and O–H groups in total. The predicted molar refractivity (Wildman–Crippen MR) is 95.3 cm³/mol. The molecule has 1 amide bonds. The number of carbonyl (C=O) groups excluding carboxylic acids is 1. The molecule has 2 fully saturated rings. The van der Waals surface area contributed by atoms with Crippen molar-refractivity contribution in [1.82, 2.24) is 10.3 Å². The number of nitrogens with zero attached hydrogens (tertiary/aromatic N) is 3. The minimum atomic E-state index is 0.0514. The zero-order chi connectivity index (χ0) is 17.8. The Balaban J connectivity index is 1.60. The van der Waals surface area contributed by atoms with Crippen molar-refractivity contribution in [3.63, 3.8) is 0 Å². The molecule has 2 aliphatic heterocycles. The maximum absolute atomic E-state index is 12.5. The summed E-state index contributed by atoms with van der Waals surface area (Å²) in [5.41, 5.74) is 2.53. The van der Waals surface area contributed by atoms with Gasteiger partial charge in [-0.2, -0.15) is 5.26 Å². The fraction of sp³-hybridized carbons (Fsp3) is 0.632. The smallest absolute Gasteiger partial charge is 0.223 e. The number of carbonyl (C=O) groups is 1. The highest BCUT2D eigenvalue weighted by Crippen LogP contribution is 2.27. The number of ether oxygens (including phenoxy) is 1. The van der Waals surface area contributed by atoms with Crippen LogP contribution in [0.4, 0.5) is 5.82 Å². The lowest BCUT2D eigenvalue weighted by Crippen LogP contribution is -2.45. The van der Waals surface area contributed by atoms with Gasteiger partial charge in [0.05, 0.1) is 5.56 Å². The molecule has 0 saturated carbocycles. The molecule has 0 unspecified atom stereocenters. The second-order valence-electron chi connectivity index (χ2n) is 7.05. The van der Waals surface area contributed by atoms with Crippen molar-refractivity contribution in [3.8, 4) is 6.07 Å². The summed E-state index contributed by atoms with van der Waals surface area (Å²) < 4.78 is 5.34. The second kappa shape index (κ2) is 7.83. The molecule has 0 atom stereocenters. The Labute approximate surface area is 149 Å². The lowest BCUT2D eigenvalue weighted by molar-refractivity contribution is -0.126. The Hall–Kier alpha value is -2.13. The largest absolute Gasteiger partial charge is 0.381 e. The topological polar surface area (TPSA) is 78.2 Å². The molecule has 0 spiro atoms. The maximum Gasteiger partial charge on any atom is 0.223 e. The number of hydrogen-bond acceptors (Lipinski definition) is 5. The molecule has 1 aromatic rings. The number of anilines is 1. The van der Waals surface area contributed by atoms with Gasteiger partial charge in [0.15, 0.2) is 0 Å². The van der Waals surface area contributed by atoms with Gasteiger partial charge in [-0.3, -0.25) is 4.79 Å². The fourth-order valence-electron chi connectivity index (χ4n) is 3.70. The van der Waals surface area contributed by atoms with Gasteiger partial charge in [0.1, 0.15) is 11.9 Å². The molecular formula is C19H26N4O2. The molecule has 2 saturated heterocycles. The average molecular weight is 342 g/mol. The predicted octanol–water partition coefficient (Wildman–Crippen LogP) is 2.08. The van der Waals surface area contributed by atoms with Gasteiger partial charge >= 0.3 is 0 Å². The zero-order valence-electron chi connectivity index (χ0n) is 15.0. The van der Waals surface area contributed by atoms with E-state index >= 15 is 0 Å². The Kier molecular flexibility index (Phi) is 5.54. The molecule has 0 radical (unpaired) electrons. The molecular weight excluding hydrogens is 316 g/mol. The number of amides is 1. The SMILES string of the molecule is Cc1cc(C)c(C#N)c(N2CCC(C(=O)NC3CCOCC3)CC2)n1. The third kappa shape index (κ3) is 4.10. The molecule has 134 valence electrons. The van der Waals surface area contributed by atoms with Crippen LogP contribution in [0.15, 0.2) is 6.07 Å². The molecule has 0 aromatic carbocycles. The molecule has 3 heterocycles. The van der Waals surface area contributed by atoms with Gasteiger partial charge < -0.3 is 15.0 Å². The number of aromatic nitrogens is 1. The zero-order valence-corrected chi connectivity index (χ0v) is 15.0. The summed E-state index contributed by atoms with van der Waals surface area (Å²) in [6, 6.07) is 4.48. The fourth-order valence-corrected chi connectivity index (χ4v) is 3.70. The summed E-state index contributed by atoms with van der Waals surface area (Å²) in [6.07, 6.45) is 3.41. The van der Waals surface area contributed by atoms with E-state index in [4.69, 9.17) is 4.74 Å². The van der Waals surface area contributed by atoms with Gasteiger partial charge in [0.25, 0.3) is 0 Å². The first-order chi connectivity index (χ1) is 12.1. The quantitative estimate of drug-likeness (QED) is 0.910. The summed E-state index contributed by atoms with van der Waals surface area (Å²) in [6.45, 7) is 6.89. The molecule has 6 nitrogen and oxygen atoms in total. The summed E-state index contributed by atoms with van der Waals surface area (Å²) in [5, 5.41) is 12.6. The molecule has 0 bridgehead atoms. The van der Waals surface area contributed by atoms with E-state index < -0.39 is 0 Å². The third-order valence-electron chi connectivity index (χ3n) is 5.17. The third-order valence-corrected chi connectivity index (χ3v) is 5.17.